The van der Waals surface area contributed by atoms with Crippen molar-refractivity contribution in [1.29, 1.82) is 0 Å². The number of halogens is 1. The Labute approximate surface area is 114 Å². The first-order valence-electron chi connectivity index (χ1n) is 6.57. The fourth-order valence-corrected chi connectivity index (χ4v) is 2.94. The van der Waals surface area contributed by atoms with Gasteiger partial charge in [-0.1, -0.05) is 11.6 Å². The maximum Gasteiger partial charge on any atom is 0.131 e. The number of nitrogens with zero attached hydrogens (tertiary/aromatic N) is 3. The number of hydrogen-bond acceptors (Lipinski definition) is 3. The van der Waals surface area contributed by atoms with Gasteiger partial charge in [0.15, 0.2) is 0 Å². The largest absolute Gasteiger partial charge is 0.393 e. The van der Waals surface area contributed by atoms with Gasteiger partial charge in [0.05, 0.1) is 11.8 Å². The van der Waals surface area contributed by atoms with Crippen LogP contribution in [-0.4, -0.2) is 39.0 Å². The minimum atomic E-state index is -0.224. The summed E-state index contributed by atoms with van der Waals surface area (Å²) >= 11 is 6.26. The third kappa shape index (κ3) is 2.87. The van der Waals surface area contributed by atoms with Gasteiger partial charge in [-0.2, -0.15) is 5.10 Å². The average Bonchev–Trinajstić information content (AvgIpc) is 2.56. The van der Waals surface area contributed by atoms with E-state index in [1.54, 1.807) is 4.68 Å². The van der Waals surface area contributed by atoms with Crippen molar-refractivity contribution in [2.75, 3.05) is 13.1 Å². The minimum absolute atomic E-state index is 0.224. The predicted octanol–water partition coefficient (Wildman–Crippen LogP) is 1.97. The van der Waals surface area contributed by atoms with Crippen LogP contribution >= 0.6 is 11.6 Å². The number of aliphatic hydroxyl groups is 1. The standard InChI is InChI=1S/C13H22ClN3O/c1-9-12(13(14)16(3)15-9)8-17-6-4-5-11(7-17)10(2)18/h10-11,18H,4-8H2,1-3H3. The number of aliphatic hydroxyl groups excluding tert-OH is 1. The molecule has 5 heteroatoms. The van der Waals surface area contributed by atoms with E-state index in [0.717, 1.165) is 48.9 Å². The lowest BCUT2D eigenvalue weighted by Crippen LogP contribution is -2.39. The molecule has 1 aliphatic heterocycles. The molecule has 2 heterocycles. The lowest BCUT2D eigenvalue weighted by atomic mass is 9.93. The summed E-state index contributed by atoms with van der Waals surface area (Å²) in [6, 6.07) is 0. The van der Waals surface area contributed by atoms with E-state index in [9.17, 15) is 5.11 Å². The maximum atomic E-state index is 9.71. The molecular weight excluding hydrogens is 250 g/mol. The Bertz CT molecular complexity index is 417. The van der Waals surface area contributed by atoms with Gasteiger partial charge in [0.25, 0.3) is 0 Å². The van der Waals surface area contributed by atoms with E-state index in [1.165, 1.54) is 0 Å². The van der Waals surface area contributed by atoms with E-state index in [0.29, 0.717) is 5.92 Å². The summed E-state index contributed by atoms with van der Waals surface area (Å²) in [5.74, 6) is 0.384. The average molecular weight is 272 g/mol. The highest BCUT2D eigenvalue weighted by Crippen LogP contribution is 2.25. The highest BCUT2D eigenvalue weighted by atomic mass is 35.5. The first-order valence-corrected chi connectivity index (χ1v) is 6.95. The zero-order valence-electron chi connectivity index (χ0n) is 11.4. The second-order valence-electron chi connectivity index (χ2n) is 5.36. The van der Waals surface area contributed by atoms with Gasteiger partial charge in [0, 0.05) is 25.7 Å². The Hall–Kier alpha value is -0.580. The van der Waals surface area contributed by atoms with Crippen LogP contribution in [0.3, 0.4) is 0 Å². The van der Waals surface area contributed by atoms with Crippen molar-refractivity contribution in [1.82, 2.24) is 14.7 Å². The molecule has 1 aromatic rings. The number of piperidine rings is 1. The molecule has 1 aromatic heterocycles. The van der Waals surface area contributed by atoms with Crippen molar-refractivity contribution >= 4 is 11.6 Å². The molecule has 2 rings (SSSR count). The molecule has 102 valence electrons. The monoisotopic (exact) mass is 271 g/mol. The zero-order valence-corrected chi connectivity index (χ0v) is 12.1. The molecule has 1 saturated heterocycles. The Morgan fingerprint density at radius 3 is 2.83 bits per heavy atom. The quantitative estimate of drug-likeness (QED) is 0.914. The van der Waals surface area contributed by atoms with Crippen LogP contribution in [0.5, 0.6) is 0 Å². The van der Waals surface area contributed by atoms with E-state index in [4.69, 9.17) is 11.6 Å². The van der Waals surface area contributed by atoms with Crippen LogP contribution in [0.2, 0.25) is 5.15 Å². The lowest BCUT2D eigenvalue weighted by Gasteiger charge is -2.34. The van der Waals surface area contributed by atoms with Gasteiger partial charge in [-0.05, 0) is 39.2 Å². The third-order valence-electron chi connectivity index (χ3n) is 3.88. The molecule has 0 saturated carbocycles. The normalized spacial score (nSPS) is 23.3. The van der Waals surface area contributed by atoms with Gasteiger partial charge in [-0.3, -0.25) is 9.58 Å². The fourth-order valence-electron chi connectivity index (χ4n) is 2.71. The van der Waals surface area contributed by atoms with Crippen LogP contribution in [0.1, 0.15) is 31.0 Å². The molecule has 0 bridgehead atoms. The van der Waals surface area contributed by atoms with Crippen molar-refractivity contribution in [2.24, 2.45) is 13.0 Å². The second kappa shape index (κ2) is 5.59. The van der Waals surface area contributed by atoms with Crippen LogP contribution in [0.25, 0.3) is 0 Å². The summed E-state index contributed by atoms with van der Waals surface area (Å²) in [6.45, 7) is 6.74. The molecule has 0 aromatic carbocycles. The zero-order chi connectivity index (χ0) is 13.3. The van der Waals surface area contributed by atoms with Crippen molar-refractivity contribution in [3.8, 4) is 0 Å². The topological polar surface area (TPSA) is 41.3 Å². The molecular formula is C13H22ClN3O. The molecule has 1 fully saturated rings. The van der Waals surface area contributed by atoms with Crippen LogP contribution in [0, 0.1) is 12.8 Å². The van der Waals surface area contributed by atoms with Gasteiger partial charge in [0.1, 0.15) is 5.15 Å². The third-order valence-corrected chi connectivity index (χ3v) is 4.35. The van der Waals surface area contributed by atoms with E-state index in [1.807, 2.05) is 20.9 Å². The number of rotatable bonds is 3. The summed E-state index contributed by atoms with van der Waals surface area (Å²) in [6.07, 6.45) is 2.04. The Balaban J connectivity index is 2.05. The molecule has 1 aliphatic rings. The van der Waals surface area contributed by atoms with E-state index in [2.05, 4.69) is 10.00 Å². The van der Waals surface area contributed by atoms with Gasteiger partial charge >= 0.3 is 0 Å². The SMILES string of the molecule is Cc1nn(C)c(Cl)c1CN1CCCC(C(C)O)C1. The molecule has 2 atom stereocenters. The summed E-state index contributed by atoms with van der Waals surface area (Å²) in [4.78, 5) is 2.37. The minimum Gasteiger partial charge on any atom is -0.393 e. The molecule has 1 N–H and O–H groups in total. The fraction of sp³-hybridized carbons (Fsp3) is 0.769. The first kappa shape index (κ1) is 13.8. The Morgan fingerprint density at radius 1 is 1.56 bits per heavy atom. The molecule has 0 amide bonds. The van der Waals surface area contributed by atoms with E-state index >= 15 is 0 Å². The van der Waals surface area contributed by atoms with Crippen molar-refractivity contribution in [3.63, 3.8) is 0 Å². The Kier molecular flexibility index (Phi) is 4.30. The highest BCUT2D eigenvalue weighted by Gasteiger charge is 2.25. The smallest absolute Gasteiger partial charge is 0.131 e. The molecule has 18 heavy (non-hydrogen) atoms. The van der Waals surface area contributed by atoms with Gasteiger partial charge < -0.3 is 5.11 Å². The van der Waals surface area contributed by atoms with Crippen molar-refractivity contribution in [3.05, 3.63) is 16.4 Å². The summed E-state index contributed by atoms with van der Waals surface area (Å²) in [5, 5.41) is 14.8. The maximum absolute atomic E-state index is 9.71. The summed E-state index contributed by atoms with van der Waals surface area (Å²) < 4.78 is 1.72. The van der Waals surface area contributed by atoms with Crippen LogP contribution < -0.4 is 0 Å². The second-order valence-corrected chi connectivity index (χ2v) is 5.71. The number of likely N-dealkylation sites (tertiary alicyclic amines) is 1. The summed E-state index contributed by atoms with van der Waals surface area (Å²) in [7, 11) is 1.87. The first-order chi connectivity index (χ1) is 8.49. The van der Waals surface area contributed by atoms with E-state index < -0.39 is 0 Å². The molecule has 4 nitrogen and oxygen atoms in total. The van der Waals surface area contributed by atoms with Crippen LogP contribution in [0.15, 0.2) is 0 Å². The molecule has 0 spiro atoms. The Morgan fingerprint density at radius 2 is 2.28 bits per heavy atom. The van der Waals surface area contributed by atoms with E-state index in [-0.39, 0.29) is 6.10 Å². The van der Waals surface area contributed by atoms with Gasteiger partial charge in [0.2, 0.25) is 0 Å². The molecule has 0 aliphatic carbocycles. The molecule has 0 radical (unpaired) electrons. The van der Waals surface area contributed by atoms with Crippen molar-refractivity contribution in [2.45, 2.75) is 39.3 Å². The predicted molar refractivity (Wildman–Crippen MR) is 72.6 cm³/mol. The number of aryl methyl sites for hydroxylation is 2. The van der Waals surface area contributed by atoms with Crippen LogP contribution in [0.4, 0.5) is 0 Å². The highest BCUT2D eigenvalue weighted by molar-refractivity contribution is 6.30. The number of aromatic nitrogens is 2. The lowest BCUT2D eigenvalue weighted by molar-refractivity contribution is 0.0598. The molecule has 2 unspecified atom stereocenters. The summed E-state index contributed by atoms with van der Waals surface area (Å²) in [5.41, 5.74) is 2.12. The van der Waals surface area contributed by atoms with Gasteiger partial charge in [-0.25, -0.2) is 0 Å². The number of hydrogen-bond donors (Lipinski definition) is 1. The van der Waals surface area contributed by atoms with Crippen LogP contribution in [-0.2, 0) is 13.6 Å². The van der Waals surface area contributed by atoms with Gasteiger partial charge in [-0.15, -0.1) is 0 Å². The van der Waals surface area contributed by atoms with Crippen molar-refractivity contribution < 1.29 is 5.11 Å².